The van der Waals surface area contributed by atoms with E-state index in [-0.39, 0.29) is 0 Å². The van der Waals surface area contributed by atoms with Gasteiger partial charge in [0.05, 0.1) is 5.25 Å². The number of carbonyl (C=O) groups excluding carboxylic acids is 2. The summed E-state index contributed by atoms with van der Waals surface area (Å²) in [6.07, 6.45) is 0. The molecule has 2 aromatic carbocycles. The summed E-state index contributed by atoms with van der Waals surface area (Å²) >= 11 is 1.15. The van der Waals surface area contributed by atoms with E-state index >= 15 is 0 Å². The first-order valence-electron chi connectivity index (χ1n) is 9.19. The molecular weight excluding hydrogens is 386 g/mol. The molecule has 2 N–H and O–H groups in total. The van der Waals surface area contributed by atoms with Gasteiger partial charge in [0.15, 0.2) is 0 Å². The van der Waals surface area contributed by atoms with E-state index in [1.807, 2.05) is 60.7 Å². The number of rotatable bonds is 6. The van der Waals surface area contributed by atoms with Crippen LogP contribution < -0.4 is 10.6 Å². The molecule has 148 valence electrons. The zero-order valence-corrected chi connectivity index (χ0v) is 16.9. The number of urea groups is 1. The van der Waals surface area contributed by atoms with Crippen LogP contribution in [0, 0.1) is 0 Å². The van der Waals surface area contributed by atoms with Crippen molar-refractivity contribution in [1.82, 2.24) is 25.8 Å². The maximum atomic E-state index is 12.2. The van der Waals surface area contributed by atoms with Gasteiger partial charge in [0, 0.05) is 17.7 Å². The molecule has 3 rings (SSSR count). The average molecular weight is 407 g/mol. The lowest BCUT2D eigenvalue weighted by molar-refractivity contribution is -0.119. The van der Waals surface area contributed by atoms with Crippen molar-refractivity contribution >= 4 is 23.7 Å². The van der Waals surface area contributed by atoms with Crippen molar-refractivity contribution in [2.45, 2.75) is 24.3 Å². The Morgan fingerprint density at radius 3 is 2.10 bits per heavy atom. The molecule has 1 aromatic heterocycles. The number of nitrogens with one attached hydrogen (secondary N) is 2. The summed E-state index contributed by atoms with van der Waals surface area (Å²) in [6.45, 7) is 3.91. The predicted molar refractivity (Wildman–Crippen MR) is 113 cm³/mol. The smallest absolute Gasteiger partial charge is 0.321 e. The van der Waals surface area contributed by atoms with Crippen LogP contribution in [0.2, 0.25) is 0 Å². The van der Waals surface area contributed by atoms with Gasteiger partial charge in [-0.3, -0.25) is 10.1 Å². The molecule has 0 fully saturated rings. The van der Waals surface area contributed by atoms with Crippen molar-refractivity contribution in [3.05, 3.63) is 60.7 Å². The van der Waals surface area contributed by atoms with Crippen molar-refractivity contribution in [3.63, 3.8) is 0 Å². The van der Waals surface area contributed by atoms with Gasteiger partial charge in [-0.25, -0.2) is 9.78 Å². The van der Waals surface area contributed by atoms with Gasteiger partial charge in [-0.1, -0.05) is 72.4 Å². The summed E-state index contributed by atoms with van der Waals surface area (Å²) in [5.74, 6) is -0.419. The Labute approximate surface area is 173 Å². The molecule has 0 saturated carbocycles. The largest absolute Gasteiger partial charge is 0.338 e. The van der Waals surface area contributed by atoms with Gasteiger partial charge >= 0.3 is 6.03 Å². The van der Waals surface area contributed by atoms with E-state index < -0.39 is 17.2 Å². The van der Waals surface area contributed by atoms with Crippen LogP contribution in [0.5, 0.6) is 0 Å². The highest BCUT2D eigenvalue weighted by molar-refractivity contribution is 8.00. The van der Waals surface area contributed by atoms with Crippen LogP contribution in [0.1, 0.15) is 13.8 Å². The molecule has 3 aromatic rings. The van der Waals surface area contributed by atoms with E-state index in [1.165, 1.54) is 0 Å². The first-order chi connectivity index (χ1) is 14.1. The normalized spacial score (nSPS) is 11.5. The lowest BCUT2D eigenvalue weighted by Crippen LogP contribution is -2.42. The number of aromatic nitrogens is 3. The fraction of sp³-hybridized carbons (Fsp3) is 0.190. The first kappa shape index (κ1) is 20.5. The standard InChI is InChI=1S/C21H21N5O2S/c1-3-22-20(28)24-19(27)14(2)29-21-23-17(15-10-6-4-7-11-15)18(25-26-21)16-12-8-5-9-13-16/h4-14H,3H2,1-2H3,(H2,22,24,27,28). The lowest BCUT2D eigenvalue weighted by Gasteiger charge is -2.12. The molecule has 0 bridgehead atoms. The predicted octanol–water partition coefficient (Wildman–Crippen LogP) is 3.53. The number of amides is 3. The SMILES string of the molecule is CCNC(=O)NC(=O)C(C)Sc1nnc(-c2ccccc2)c(-c2ccccc2)n1. The Morgan fingerprint density at radius 1 is 0.931 bits per heavy atom. The molecule has 0 radical (unpaired) electrons. The molecule has 7 nitrogen and oxygen atoms in total. The molecule has 1 atom stereocenters. The quantitative estimate of drug-likeness (QED) is 0.607. The van der Waals surface area contributed by atoms with Gasteiger partial charge in [-0.15, -0.1) is 10.2 Å². The van der Waals surface area contributed by atoms with Gasteiger partial charge in [-0.05, 0) is 13.8 Å². The van der Waals surface area contributed by atoms with Crippen molar-refractivity contribution in [2.24, 2.45) is 0 Å². The highest BCUT2D eigenvalue weighted by atomic mass is 32.2. The molecule has 0 aliphatic heterocycles. The summed E-state index contributed by atoms with van der Waals surface area (Å²) in [4.78, 5) is 28.4. The van der Waals surface area contributed by atoms with Crippen molar-refractivity contribution in [2.75, 3.05) is 6.54 Å². The van der Waals surface area contributed by atoms with Gasteiger partial charge in [0.1, 0.15) is 11.4 Å². The second-order valence-corrected chi connectivity index (χ2v) is 7.44. The molecule has 0 aliphatic carbocycles. The molecule has 0 spiro atoms. The average Bonchev–Trinajstić information content (AvgIpc) is 2.75. The molecule has 8 heteroatoms. The van der Waals surface area contributed by atoms with E-state index in [0.717, 1.165) is 22.9 Å². The van der Waals surface area contributed by atoms with Crippen LogP contribution in [0.4, 0.5) is 4.79 Å². The Bertz CT molecular complexity index is 983. The fourth-order valence-corrected chi connectivity index (χ4v) is 3.29. The number of hydrogen-bond acceptors (Lipinski definition) is 6. The van der Waals surface area contributed by atoms with Crippen LogP contribution in [0.15, 0.2) is 65.8 Å². The van der Waals surface area contributed by atoms with E-state index in [2.05, 4.69) is 25.8 Å². The van der Waals surface area contributed by atoms with E-state index in [9.17, 15) is 9.59 Å². The van der Waals surface area contributed by atoms with Crippen molar-refractivity contribution < 1.29 is 9.59 Å². The van der Waals surface area contributed by atoms with Crippen LogP contribution in [-0.2, 0) is 4.79 Å². The van der Waals surface area contributed by atoms with Crippen LogP contribution in [-0.4, -0.2) is 38.9 Å². The van der Waals surface area contributed by atoms with Crippen molar-refractivity contribution in [1.29, 1.82) is 0 Å². The molecule has 3 amide bonds. The Morgan fingerprint density at radius 2 is 1.52 bits per heavy atom. The minimum absolute atomic E-state index is 0.363. The summed E-state index contributed by atoms with van der Waals surface area (Å²) in [5, 5.41) is 13.2. The second-order valence-electron chi connectivity index (χ2n) is 6.13. The van der Waals surface area contributed by atoms with Crippen molar-refractivity contribution in [3.8, 4) is 22.5 Å². The number of carbonyl (C=O) groups is 2. The number of nitrogens with zero attached hydrogens (tertiary/aromatic N) is 3. The van der Waals surface area contributed by atoms with E-state index in [1.54, 1.807) is 13.8 Å². The molecule has 29 heavy (non-hydrogen) atoms. The lowest BCUT2D eigenvalue weighted by atomic mass is 10.0. The highest BCUT2D eigenvalue weighted by Crippen LogP contribution is 2.30. The van der Waals surface area contributed by atoms with Gasteiger partial charge < -0.3 is 5.32 Å². The minimum atomic E-state index is -0.564. The maximum absolute atomic E-state index is 12.2. The van der Waals surface area contributed by atoms with Gasteiger partial charge in [-0.2, -0.15) is 0 Å². The summed E-state index contributed by atoms with van der Waals surface area (Å²) < 4.78 is 0. The summed E-state index contributed by atoms with van der Waals surface area (Å²) in [5.41, 5.74) is 3.17. The van der Waals surface area contributed by atoms with Crippen LogP contribution in [0.25, 0.3) is 22.5 Å². The summed E-state index contributed by atoms with van der Waals surface area (Å²) in [6, 6.07) is 18.9. The number of benzene rings is 2. The first-order valence-corrected chi connectivity index (χ1v) is 10.1. The molecule has 0 aliphatic rings. The Hall–Kier alpha value is -3.26. The fourth-order valence-electron chi connectivity index (χ4n) is 2.58. The monoisotopic (exact) mass is 407 g/mol. The highest BCUT2D eigenvalue weighted by Gasteiger charge is 2.20. The third-order valence-electron chi connectivity index (χ3n) is 3.99. The molecular formula is C21H21N5O2S. The van der Waals surface area contributed by atoms with E-state index in [0.29, 0.717) is 23.1 Å². The topological polar surface area (TPSA) is 96.9 Å². The zero-order chi connectivity index (χ0) is 20.6. The summed E-state index contributed by atoms with van der Waals surface area (Å²) in [7, 11) is 0. The minimum Gasteiger partial charge on any atom is -0.338 e. The second kappa shape index (κ2) is 9.79. The number of imide groups is 1. The van der Waals surface area contributed by atoms with Crippen LogP contribution in [0.3, 0.4) is 0 Å². The van der Waals surface area contributed by atoms with Gasteiger partial charge in [0.2, 0.25) is 11.1 Å². The third-order valence-corrected chi connectivity index (χ3v) is 4.94. The third kappa shape index (κ3) is 5.39. The molecule has 1 unspecified atom stereocenters. The number of thioether (sulfide) groups is 1. The maximum Gasteiger partial charge on any atom is 0.321 e. The molecule has 1 heterocycles. The Balaban J connectivity index is 1.88. The zero-order valence-electron chi connectivity index (χ0n) is 16.1. The molecule has 0 saturated heterocycles. The Kier molecular flexibility index (Phi) is 6.91. The van der Waals surface area contributed by atoms with Gasteiger partial charge in [0.25, 0.3) is 0 Å². The number of hydrogen-bond donors (Lipinski definition) is 2. The van der Waals surface area contributed by atoms with E-state index in [4.69, 9.17) is 0 Å². The van der Waals surface area contributed by atoms with Crippen LogP contribution >= 0.6 is 11.8 Å².